The number of benzene rings is 1. The Morgan fingerprint density at radius 3 is 2.63 bits per heavy atom. The third-order valence-electron chi connectivity index (χ3n) is 5.14. The zero-order valence-corrected chi connectivity index (χ0v) is 15.6. The number of carboxylic acid groups (broad SMARTS) is 1. The van der Waals surface area contributed by atoms with Gasteiger partial charge in [0.15, 0.2) is 0 Å². The molecule has 1 saturated heterocycles. The highest BCUT2D eigenvalue weighted by Gasteiger charge is 2.32. The Labute approximate surface area is 162 Å². The molecule has 6 nitrogen and oxygen atoms in total. The number of nitrogens with one attached hydrogen (secondary N) is 1. The highest BCUT2D eigenvalue weighted by Crippen LogP contribution is 2.33. The number of hydrogen-bond donors (Lipinski definition) is 2. The molecule has 0 saturated carbocycles. The van der Waals surface area contributed by atoms with Crippen LogP contribution in [0.4, 0.5) is 0 Å². The lowest BCUT2D eigenvalue weighted by atomic mass is 10.0. The number of nitrogens with zero attached hydrogens (tertiary/aromatic N) is 3. The predicted molar refractivity (Wildman–Crippen MR) is 105 cm³/mol. The van der Waals surface area contributed by atoms with Crippen LogP contribution in [0, 0.1) is 0 Å². The lowest BCUT2D eigenvalue weighted by molar-refractivity contribution is -0.144. The Balaban J connectivity index is 1.52. The van der Waals surface area contributed by atoms with Gasteiger partial charge in [0, 0.05) is 67.8 Å². The molecule has 140 valence electrons. The minimum atomic E-state index is -0.849. The smallest absolute Gasteiger partial charge is 0.325 e. The summed E-state index contributed by atoms with van der Waals surface area (Å²) >= 11 is 6.36. The molecule has 2 aromatic heterocycles. The van der Waals surface area contributed by atoms with Crippen LogP contribution in [0.15, 0.2) is 48.9 Å². The summed E-state index contributed by atoms with van der Waals surface area (Å²) in [4.78, 5) is 23.7. The normalized spacial score (nSPS) is 17.2. The molecule has 7 heteroatoms. The Bertz CT molecular complexity index is 936. The highest BCUT2D eigenvalue weighted by atomic mass is 35.5. The number of aliphatic carboxylic acids is 1. The van der Waals surface area contributed by atoms with Crippen LogP contribution in [0.25, 0.3) is 10.9 Å². The van der Waals surface area contributed by atoms with E-state index < -0.39 is 12.0 Å². The number of fused-ring (bicyclic) bond motifs is 1. The van der Waals surface area contributed by atoms with Crippen molar-refractivity contribution in [1.29, 1.82) is 0 Å². The standard InChI is InChI=1S/C20H21ClN4O2/c21-16-2-1-3-17-18(16)15(12-23-17)19(20(26)27)25-10-8-24(9-11-25)13-14-4-6-22-7-5-14/h1-7,12,19,23H,8-11,13H2,(H,26,27)/t19-/m0/s1. The van der Waals surface area contributed by atoms with Crippen molar-refractivity contribution in [1.82, 2.24) is 19.8 Å². The van der Waals surface area contributed by atoms with Crippen molar-refractivity contribution in [2.24, 2.45) is 0 Å². The van der Waals surface area contributed by atoms with Crippen molar-refractivity contribution in [3.63, 3.8) is 0 Å². The molecule has 1 atom stereocenters. The molecular weight excluding hydrogens is 364 g/mol. The number of aromatic nitrogens is 2. The molecule has 3 heterocycles. The number of H-pyrrole nitrogens is 1. The van der Waals surface area contributed by atoms with E-state index in [1.165, 1.54) is 5.56 Å². The van der Waals surface area contributed by atoms with E-state index in [4.69, 9.17) is 11.6 Å². The van der Waals surface area contributed by atoms with Crippen LogP contribution >= 0.6 is 11.6 Å². The van der Waals surface area contributed by atoms with E-state index in [9.17, 15) is 9.90 Å². The summed E-state index contributed by atoms with van der Waals surface area (Å²) in [5.74, 6) is -0.849. The predicted octanol–water partition coefficient (Wildman–Crippen LogP) is 3.16. The first-order valence-corrected chi connectivity index (χ1v) is 9.35. The first-order chi connectivity index (χ1) is 13.1. The molecule has 0 spiro atoms. The van der Waals surface area contributed by atoms with Crippen LogP contribution in [0.1, 0.15) is 17.2 Å². The topological polar surface area (TPSA) is 72.5 Å². The Kier molecular flexibility index (Phi) is 5.11. The van der Waals surface area contributed by atoms with Crippen molar-refractivity contribution in [2.45, 2.75) is 12.6 Å². The van der Waals surface area contributed by atoms with Gasteiger partial charge in [-0.2, -0.15) is 0 Å². The van der Waals surface area contributed by atoms with E-state index in [0.29, 0.717) is 18.1 Å². The van der Waals surface area contributed by atoms with E-state index in [2.05, 4.69) is 14.9 Å². The molecule has 2 N–H and O–H groups in total. The summed E-state index contributed by atoms with van der Waals surface area (Å²) in [7, 11) is 0. The minimum Gasteiger partial charge on any atom is -0.480 e. The van der Waals surface area contributed by atoms with Gasteiger partial charge in [-0.15, -0.1) is 0 Å². The molecule has 0 unspecified atom stereocenters. The van der Waals surface area contributed by atoms with Crippen molar-refractivity contribution in [3.8, 4) is 0 Å². The van der Waals surface area contributed by atoms with Crippen LogP contribution in [0.3, 0.4) is 0 Å². The van der Waals surface area contributed by atoms with E-state index in [1.807, 2.05) is 29.2 Å². The molecular formula is C20H21ClN4O2. The van der Waals surface area contributed by atoms with Gasteiger partial charge in [0.2, 0.25) is 0 Å². The molecule has 27 heavy (non-hydrogen) atoms. The molecule has 1 fully saturated rings. The fourth-order valence-corrected chi connectivity index (χ4v) is 4.08. The van der Waals surface area contributed by atoms with Crippen LogP contribution < -0.4 is 0 Å². The van der Waals surface area contributed by atoms with E-state index in [-0.39, 0.29) is 0 Å². The summed E-state index contributed by atoms with van der Waals surface area (Å²) < 4.78 is 0. The molecule has 0 radical (unpaired) electrons. The van der Waals surface area contributed by atoms with Crippen LogP contribution in [0.5, 0.6) is 0 Å². The lowest BCUT2D eigenvalue weighted by Gasteiger charge is -2.37. The van der Waals surface area contributed by atoms with Gasteiger partial charge < -0.3 is 10.1 Å². The Hall–Kier alpha value is -2.41. The first kappa shape index (κ1) is 18.0. The van der Waals surface area contributed by atoms with Gasteiger partial charge >= 0.3 is 5.97 Å². The van der Waals surface area contributed by atoms with Gasteiger partial charge in [0.1, 0.15) is 6.04 Å². The average molecular weight is 385 g/mol. The fourth-order valence-electron chi connectivity index (χ4n) is 3.79. The molecule has 1 aliphatic rings. The molecule has 0 aliphatic carbocycles. The maximum Gasteiger partial charge on any atom is 0.325 e. The van der Waals surface area contributed by atoms with Gasteiger partial charge in [-0.05, 0) is 29.8 Å². The molecule has 0 amide bonds. The van der Waals surface area contributed by atoms with E-state index in [0.717, 1.165) is 36.1 Å². The third kappa shape index (κ3) is 3.69. The number of rotatable bonds is 5. The second-order valence-corrected chi connectivity index (χ2v) is 7.22. The van der Waals surface area contributed by atoms with Crippen molar-refractivity contribution >= 4 is 28.5 Å². The van der Waals surface area contributed by atoms with Crippen molar-refractivity contribution < 1.29 is 9.90 Å². The number of halogens is 1. The number of carboxylic acids is 1. The number of pyridine rings is 1. The van der Waals surface area contributed by atoms with Gasteiger partial charge in [-0.1, -0.05) is 17.7 Å². The van der Waals surface area contributed by atoms with Crippen LogP contribution in [0.2, 0.25) is 5.02 Å². The minimum absolute atomic E-state index is 0.575. The maximum absolute atomic E-state index is 12.1. The summed E-state index contributed by atoms with van der Waals surface area (Å²) in [6.45, 7) is 3.88. The van der Waals surface area contributed by atoms with Crippen molar-refractivity contribution in [3.05, 3.63) is 65.1 Å². The maximum atomic E-state index is 12.1. The number of hydrogen-bond acceptors (Lipinski definition) is 4. The quantitative estimate of drug-likeness (QED) is 0.707. The Morgan fingerprint density at radius 2 is 1.93 bits per heavy atom. The second kappa shape index (κ2) is 7.68. The summed E-state index contributed by atoms with van der Waals surface area (Å²) in [5, 5.41) is 11.3. The van der Waals surface area contributed by atoms with Gasteiger partial charge in [-0.25, -0.2) is 0 Å². The number of aromatic amines is 1. The second-order valence-electron chi connectivity index (χ2n) is 6.81. The van der Waals surface area contributed by atoms with Crippen LogP contribution in [-0.2, 0) is 11.3 Å². The fraction of sp³-hybridized carbons (Fsp3) is 0.300. The zero-order chi connectivity index (χ0) is 18.8. The summed E-state index contributed by atoms with van der Waals surface area (Å²) in [5.41, 5.74) is 2.81. The molecule has 0 bridgehead atoms. The number of piperazine rings is 1. The summed E-state index contributed by atoms with van der Waals surface area (Å²) in [6, 6.07) is 8.89. The SMILES string of the molecule is O=C(O)[C@H](c1c[nH]c2cccc(Cl)c12)N1CCN(Cc2ccncc2)CC1. The molecule has 4 rings (SSSR count). The summed E-state index contributed by atoms with van der Waals surface area (Å²) in [6.07, 6.45) is 5.37. The number of carbonyl (C=O) groups is 1. The average Bonchev–Trinajstić information content (AvgIpc) is 3.09. The first-order valence-electron chi connectivity index (χ1n) is 8.97. The zero-order valence-electron chi connectivity index (χ0n) is 14.8. The molecule has 1 aliphatic heterocycles. The third-order valence-corrected chi connectivity index (χ3v) is 5.46. The molecule has 1 aromatic carbocycles. The monoisotopic (exact) mass is 384 g/mol. The molecule has 3 aromatic rings. The largest absolute Gasteiger partial charge is 0.480 e. The lowest BCUT2D eigenvalue weighted by Crippen LogP contribution is -2.48. The van der Waals surface area contributed by atoms with Gasteiger partial charge in [0.25, 0.3) is 0 Å². The highest BCUT2D eigenvalue weighted by molar-refractivity contribution is 6.35. The van der Waals surface area contributed by atoms with E-state index >= 15 is 0 Å². The van der Waals surface area contributed by atoms with E-state index in [1.54, 1.807) is 24.7 Å². The van der Waals surface area contributed by atoms with Crippen molar-refractivity contribution in [2.75, 3.05) is 26.2 Å². The van der Waals surface area contributed by atoms with Crippen LogP contribution in [-0.4, -0.2) is 57.0 Å². The van der Waals surface area contributed by atoms with Gasteiger partial charge in [-0.3, -0.25) is 19.6 Å². The van der Waals surface area contributed by atoms with Gasteiger partial charge in [0.05, 0.1) is 5.02 Å². The Morgan fingerprint density at radius 1 is 1.19 bits per heavy atom.